The molecule has 82 heavy (non-hydrogen) atoms. The molecule has 10 rings (SSSR count). The Labute approximate surface area is 498 Å². The van der Waals surface area contributed by atoms with Crippen molar-refractivity contribution in [3.05, 3.63) is 179 Å². The highest BCUT2D eigenvalue weighted by Crippen LogP contribution is 2.34. The fourth-order valence-corrected chi connectivity index (χ4v) is 13.6. The second kappa shape index (κ2) is 33.7. The molecule has 0 N–H and O–H groups in total. The lowest BCUT2D eigenvalue weighted by molar-refractivity contribution is -0.132. The number of hydrogen-bond acceptors (Lipinski definition) is 9. The van der Waals surface area contributed by atoms with E-state index in [0.717, 1.165) is 45.9 Å². The van der Waals surface area contributed by atoms with Crippen LogP contribution < -0.4 is 0 Å². The second-order valence-electron chi connectivity index (χ2n) is 24.4. The van der Waals surface area contributed by atoms with Gasteiger partial charge in [-0.1, -0.05) is 165 Å². The van der Waals surface area contributed by atoms with Gasteiger partial charge >= 0.3 is 0 Å². The van der Waals surface area contributed by atoms with E-state index < -0.39 is 10.0 Å². The van der Waals surface area contributed by atoms with E-state index in [4.69, 9.17) is 4.74 Å². The van der Waals surface area contributed by atoms with Crippen LogP contribution in [0.15, 0.2) is 152 Å². The molecule has 5 saturated heterocycles. The minimum Gasteiger partial charge on any atom is -0.378 e. The van der Waals surface area contributed by atoms with E-state index >= 15 is 0 Å². The number of amides is 1. The first-order valence-electron chi connectivity index (χ1n) is 31.2. The molecule has 5 heterocycles. The van der Waals surface area contributed by atoms with Gasteiger partial charge in [-0.2, -0.15) is 4.31 Å². The molecule has 5 atom stereocenters. The molecule has 0 saturated carbocycles. The SMILES string of the molecule is CC(=O)N1CCN(C(C)C)C(c2ccccc2)C1.CC(C)N1CCCCC1c1ccccc1.CC(C)N1CCCCC1c1ccccc1.CC(C)N1CCN(S(C)(=O)=O)CC1c1ccccc1.CC(C)N1CCOCC1c1ccccc1. The Bertz CT molecular complexity index is 2490. The van der Waals surface area contributed by atoms with Crippen molar-refractivity contribution in [1.29, 1.82) is 0 Å². The summed E-state index contributed by atoms with van der Waals surface area (Å²) >= 11 is 0. The Kier molecular flexibility index (Phi) is 27.2. The number of carbonyl (C=O) groups excluding carboxylic acids is 1. The topological polar surface area (TPSA) is 83.1 Å². The molecule has 5 aromatic carbocycles. The first-order chi connectivity index (χ1) is 39.3. The molecule has 5 aromatic rings. The average molecular weight is 1140 g/mol. The number of ether oxygens (including phenoxy) is 1. The third-order valence-electron chi connectivity index (χ3n) is 17.2. The normalized spacial score (nSPS) is 22.7. The lowest BCUT2D eigenvalue weighted by Gasteiger charge is -2.43. The fourth-order valence-electron chi connectivity index (χ4n) is 12.7. The number of hydrogen-bond donors (Lipinski definition) is 0. The first-order valence-corrected chi connectivity index (χ1v) is 33.0. The molecular formula is C70H105N7O4S. The monoisotopic (exact) mass is 1140 g/mol. The van der Waals surface area contributed by atoms with E-state index in [1.807, 2.05) is 29.2 Å². The number of piperazine rings is 2. The predicted octanol–water partition coefficient (Wildman–Crippen LogP) is 13.7. The van der Waals surface area contributed by atoms with Crippen LogP contribution in [0.1, 0.15) is 173 Å². The van der Waals surface area contributed by atoms with E-state index in [0.29, 0.717) is 67.5 Å². The molecule has 5 aliphatic rings. The zero-order valence-corrected chi connectivity index (χ0v) is 53.2. The van der Waals surface area contributed by atoms with E-state index in [2.05, 4.69) is 221 Å². The smallest absolute Gasteiger partial charge is 0.219 e. The van der Waals surface area contributed by atoms with E-state index in [-0.39, 0.29) is 11.9 Å². The maximum Gasteiger partial charge on any atom is 0.219 e. The molecule has 0 bridgehead atoms. The number of morpholine rings is 1. The molecule has 5 unspecified atom stereocenters. The molecule has 0 radical (unpaired) electrons. The Morgan fingerprint density at radius 3 is 1.07 bits per heavy atom. The van der Waals surface area contributed by atoms with Gasteiger partial charge in [0.2, 0.25) is 15.9 Å². The molecular weight excluding hydrogens is 1030 g/mol. The zero-order valence-electron chi connectivity index (χ0n) is 52.4. The van der Waals surface area contributed by atoms with Gasteiger partial charge in [0.05, 0.1) is 31.6 Å². The summed E-state index contributed by atoms with van der Waals surface area (Å²) in [6.07, 6.45) is 9.42. The molecule has 0 aliphatic carbocycles. The summed E-state index contributed by atoms with van der Waals surface area (Å²) in [5.41, 5.74) is 6.84. The van der Waals surface area contributed by atoms with Gasteiger partial charge in [-0.05, 0) is 136 Å². The number of likely N-dealkylation sites (tertiary alicyclic amines) is 2. The van der Waals surface area contributed by atoms with Crippen LogP contribution in [-0.2, 0) is 19.6 Å². The highest BCUT2D eigenvalue weighted by atomic mass is 32.2. The van der Waals surface area contributed by atoms with Gasteiger partial charge in [0.1, 0.15) is 0 Å². The maximum absolute atomic E-state index is 11.7. The average Bonchev–Trinajstić information content (AvgIpc) is 3.69. The standard InChI is InChI=1S/C15H22N2O.C14H22N2O2S.2C14H21N.C13H19NO/c1-12(2)17-10-9-16(13(3)18)11-15(17)14-7-5-4-6-8-14;1-12(2)16-10-9-15(19(3,17)18)11-14(16)13-7-5-4-6-8-13;2*1-12(2)15-11-7-6-10-14(15)13-8-4-3-5-9-13;1-11(2)14-8-9-15-10-13(14)12-6-4-3-5-7-12/h4-8,12,15H,9-11H2,1-3H3;4-8,12,14H,9-11H2,1-3H3;2*3-5,8-9,12,14H,6-7,10-11H2,1-2H3;3-7,11,13H,8-10H2,1-2H3. The van der Waals surface area contributed by atoms with Crippen molar-refractivity contribution in [2.75, 3.05) is 78.4 Å². The third kappa shape index (κ3) is 19.9. The van der Waals surface area contributed by atoms with Crippen LogP contribution in [0.3, 0.4) is 0 Å². The summed E-state index contributed by atoms with van der Waals surface area (Å²) in [5, 5.41) is 0. The van der Waals surface area contributed by atoms with Crippen molar-refractivity contribution < 1.29 is 17.9 Å². The van der Waals surface area contributed by atoms with Crippen LogP contribution in [0.2, 0.25) is 0 Å². The Hall–Kier alpha value is -4.76. The minimum absolute atomic E-state index is 0.143. The van der Waals surface area contributed by atoms with Crippen LogP contribution in [0.25, 0.3) is 0 Å². The number of carbonyl (C=O) groups is 1. The highest BCUT2D eigenvalue weighted by molar-refractivity contribution is 7.88. The quantitative estimate of drug-likeness (QED) is 0.128. The summed E-state index contributed by atoms with van der Waals surface area (Å²) in [4.78, 5) is 26.2. The van der Waals surface area contributed by atoms with Crippen LogP contribution in [-0.4, -0.2) is 157 Å². The first kappa shape index (κ1) is 66.4. The van der Waals surface area contributed by atoms with Gasteiger partial charge < -0.3 is 9.64 Å². The summed E-state index contributed by atoms with van der Waals surface area (Å²) in [5.74, 6) is 0.180. The summed E-state index contributed by atoms with van der Waals surface area (Å²) in [6, 6.07) is 58.2. The van der Waals surface area contributed by atoms with Gasteiger partial charge in [-0.15, -0.1) is 0 Å². The van der Waals surface area contributed by atoms with Gasteiger partial charge in [0.15, 0.2) is 0 Å². The lowest BCUT2D eigenvalue weighted by Crippen LogP contribution is -2.52. The van der Waals surface area contributed by atoms with Crippen LogP contribution >= 0.6 is 0 Å². The zero-order chi connectivity index (χ0) is 59.2. The third-order valence-corrected chi connectivity index (χ3v) is 18.5. The predicted molar refractivity (Wildman–Crippen MR) is 342 cm³/mol. The molecule has 0 aromatic heterocycles. The maximum atomic E-state index is 11.7. The van der Waals surface area contributed by atoms with Crippen LogP contribution in [0.4, 0.5) is 0 Å². The molecule has 1 amide bonds. The Morgan fingerprint density at radius 1 is 0.402 bits per heavy atom. The molecule has 5 aliphatic heterocycles. The molecule has 11 nitrogen and oxygen atoms in total. The van der Waals surface area contributed by atoms with Crippen molar-refractivity contribution >= 4 is 15.9 Å². The van der Waals surface area contributed by atoms with Crippen molar-refractivity contribution in [2.45, 2.75) is 175 Å². The summed E-state index contributed by atoms with van der Waals surface area (Å²) in [6.45, 7) is 33.9. The Balaban J connectivity index is 0.000000165. The van der Waals surface area contributed by atoms with E-state index in [9.17, 15) is 13.2 Å². The van der Waals surface area contributed by atoms with E-state index in [1.165, 1.54) is 85.7 Å². The summed E-state index contributed by atoms with van der Waals surface area (Å²) < 4.78 is 30.7. The molecule has 0 spiro atoms. The van der Waals surface area contributed by atoms with Gasteiger partial charge in [0, 0.05) is 101 Å². The highest BCUT2D eigenvalue weighted by Gasteiger charge is 2.34. The van der Waals surface area contributed by atoms with Gasteiger partial charge in [-0.25, -0.2) is 8.42 Å². The number of piperidine rings is 2. The lowest BCUT2D eigenvalue weighted by atomic mass is 9.94. The number of rotatable bonds is 11. The largest absolute Gasteiger partial charge is 0.378 e. The van der Waals surface area contributed by atoms with Crippen molar-refractivity contribution in [3.63, 3.8) is 0 Å². The van der Waals surface area contributed by atoms with Crippen molar-refractivity contribution in [1.82, 2.24) is 33.7 Å². The molecule has 12 heteroatoms. The van der Waals surface area contributed by atoms with Crippen molar-refractivity contribution in [2.24, 2.45) is 0 Å². The molecule has 5 fully saturated rings. The number of sulfonamides is 1. The second-order valence-corrected chi connectivity index (χ2v) is 26.4. The number of benzene rings is 5. The minimum atomic E-state index is -3.11. The van der Waals surface area contributed by atoms with Gasteiger partial charge in [0.25, 0.3) is 0 Å². The van der Waals surface area contributed by atoms with E-state index in [1.54, 1.807) is 11.2 Å². The van der Waals surface area contributed by atoms with Crippen LogP contribution in [0, 0.1) is 0 Å². The molecule has 450 valence electrons. The van der Waals surface area contributed by atoms with Gasteiger partial charge in [-0.3, -0.25) is 29.3 Å². The van der Waals surface area contributed by atoms with Crippen LogP contribution in [0.5, 0.6) is 0 Å². The summed E-state index contributed by atoms with van der Waals surface area (Å²) in [7, 11) is -3.11. The fraction of sp³-hybridized carbons (Fsp3) is 0.557. The number of nitrogens with zero attached hydrogens (tertiary/aromatic N) is 7. The Morgan fingerprint density at radius 2 is 0.720 bits per heavy atom. The van der Waals surface area contributed by atoms with Crippen molar-refractivity contribution in [3.8, 4) is 0 Å².